The number of thiophene rings is 1. The zero-order valence-corrected chi connectivity index (χ0v) is 15.6. The van der Waals surface area contributed by atoms with Gasteiger partial charge in [-0.1, -0.05) is 6.07 Å². The van der Waals surface area contributed by atoms with Gasteiger partial charge in [-0.25, -0.2) is 9.97 Å². The number of aromatic nitrogens is 3. The number of pyridine rings is 1. The Morgan fingerprint density at radius 2 is 2.15 bits per heavy atom. The van der Waals surface area contributed by atoms with E-state index in [9.17, 15) is 4.79 Å². The maximum absolute atomic E-state index is 12.7. The molecule has 0 aromatic carbocycles. The second-order valence-electron chi connectivity index (χ2n) is 6.69. The van der Waals surface area contributed by atoms with Gasteiger partial charge in [0.2, 0.25) is 5.95 Å². The highest BCUT2D eigenvalue weighted by molar-refractivity contribution is 7.19. The lowest BCUT2D eigenvalue weighted by Gasteiger charge is -2.26. The third-order valence-electron chi connectivity index (χ3n) is 4.63. The molecular formula is C19H21N5OS. The van der Waals surface area contributed by atoms with Gasteiger partial charge in [0, 0.05) is 17.1 Å². The molecule has 4 rings (SSSR count). The molecule has 0 saturated heterocycles. The van der Waals surface area contributed by atoms with Gasteiger partial charge < -0.3 is 10.6 Å². The molecule has 0 radical (unpaired) electrons. The number of rotatable bonds is 5. The summed E-state index contributed by atoms with van der Waals surface area (Å²) in [6.45, 7) is 4.02. The summed E-state index contributed by atoms with van der Waals surface area (Å²) in [6.07, 6.45) is 5.03. The number of aryl methyl sites for hydroxylation is 1. The van der Waals surface area contributed by atoms with Gasteiger partial charge in [-0.15, -0.1) is 11.3 Å². The Hall–Kier alpha value is -2.54. The normalized spacial score (nSPS) is 15.5. The maximum Gasteiger partial charge on any atom is 0.271 e. The molecular weight excluding hydrogens is 346 g/mol. The summed E-state index contributed by atoms with van der Waals surface area (Å²) < 4.78 is 0.843. The lowest BCUT2D eigenvalue weighted by atomic mass is 9.93. The van der Waals surface area contributed by atoms with Crippen molar-refractivity contribution >= 4 is 33.4 Å². The van der Waals surface area contributed by atoms with Crippen molar-refractivity contribution in [1.29, 1.82) is 0 Å². The third kappa shape index (κ3) is 3.39. The minimum absolute atomic E-state index is 0.0593. The Balaban J connectivity index is 1.65. The van der Waals surface area contributed by atoms with Crippen LogP contribution in [0.2, 0.25) is 0 Å². The van der Waals surface area contributed by atoms with Crippen LogP contribution in [0.3, 0.4) is 0 Å². The van der Waals surface area contributed by atoms with Crippen LogP contribution in [0.1, 0.15) is 53.3 Å². The first kappa shape index (κ1) is 16.9. The predicted octanol–water partition coefficient (Wildman–Crippen LogP) is 3.85. The molecule has 26 heavy (non-hydrogen) atoms. The van der Waals surface area contributed by atoms with Gasteiger partial charge in [0.1, 0.15) is 0 Å². The van der Waals surface area contributed by atoms with Crippen LogP contribution in [-0.2, 0) is 0 Å². The molecule has 3 aromatic rings. The Labute approximate surface area is 156 Å². The second kappa shape index (κ2) is 6.99. The standard InChI is InChI=1S/C19H21N5OS/c1-11-10-15-17(26-11)16(18(25)22-13-6-5-7-13)24-19(23-15)21-12(2)14-8-3-4-9-20-14/h3-4,8-10,12-13H,5-7H2,1-2H3,(H,22,25)(H,21,23,24). The minimum atomic E-state index is -0.113. The SMILES string of the molecule is Cc1cc2nc(NC(C)c3ccccn3)nc(C(=O)NC3CCC3)c2s1. The van der Waals surface area contributed by atoms with E-state index in [-0.39, 0.29) is 18.0 Å². The number of carbonyl (C=O) groups excluding carboxylic acids is 1. The van der Waals surface area contributed by atoms with Crippen LogP contribution < -0.4 is 10.6 Å². The molecule has 2 N–H and O–H groups in total. The zero-order valence-electron chi connectivity index (χ0n) is 14.8. The summed E-state index contributed by atoms with van der Waals surface area (Å²) in [5.74, 6) is 0.338. The maximum atomic E-state index is 12.7. The van der Waals surface area contributed by atoms with Crippen molar-refractivity contribution < 1.29 is 4.79 Å². The van der Waals surface area contributed by atoms with Crippen molar-refractivity contribution in [2.45, 2.75) is 45.2 Å². The highest BCUT2D eigenvalue weighted by atomic mass is 32.1. The number of hydrogen-bond donors (Lipinski definition) is 2. The van der Waals surface area contributed by atoms with E-state index >= 15 is 0 Å². The number of nitrogens with zero attached hydrogens (tertiary/aromatic N) is 3. The number of nitrogens with one attached hydrogen (secondary N) is 2. The van der Waals surface area contributed by atoms with Crippen LogP contribution in [0.4, 0.5) is 5.95 Å². The molecule has 1 fully saturated rings. The number of hydrogen-bond acceptors (Lipinski definition) is 6. The first-order valence-corrected chi connectivity index (χ1v) is 9.68. The lowest BCUT2D eigenvalue weighted by Crippen LogP contribution is -2.39. The fraction of sp³-hybridized carbons (Fsp3) is 0.368. The molecule has 1 unspecified atom stereocenters. The van der Waals surface area contributed by atoms with Crippen molar-refractivity contribution in [1.82, 2.24) is 20.3 Å². The summed E-state index contributed by atoms with van der Waals surface area (Å²) in [6, 6.07) is 8.00. The summed E-state index contributed by atoms with van der Waals surface area (Å²) in [4.78, 5) is 27.4. The second-order valence-corrected chi connectivity index (χ2v) is 7.95. The Morgan fingerprint density at radius 3 is 2.85 bits per heavy atom. The minimum Gasteiger partial charge on any atom is -0.348 e. The number of anilines is 1. The summed E-state index contributed by atoms with van der Waals surface area (Å²) in [5.41, 5.74) is 2.16. The molecule has 134 valence electrons. The van der Waals surface area contributed by atoms with Gasteiger partial charge in [-0.05, 0) is 51.3 Å². The molecule has 1 amide bonds. The highest BCUT2D eigenvalue weighted by Gasteiger charge is 2.24. The largest absolute Gasteiger partial charge is 0.348 e. The van der Waals surface area contributed by atoms with E-state index in [0.29, 0.717) is 11.6 Å². The molecule has 0 aliphatic heterocycles. The molecule has 1 aliphatic carbocycles. The van der Waals surface area contributed by atoms with Crippen LogP contribution in [0.5, 0.6) is 0 Å². The van der Waals surface area contributed by atoms with E-state index in [4.69, 9.17) is 0 Å². The van der Waals surface area contributed by atoms with Crippen molar-refractivity contribution in [2.24, 2.45) is 0 Å². The molecule has 6 nitrogen and oxygen atoms in total. The molecule has 0 spiro atoms. The van der Waals surface area contributed by atoms with E-state index in [0.717, 1.165) is 33.6 Å². The average Bonchev–Trinajstić information content (AvgIpc) is 2.98. The van der Waals surface area contributed by atoms with Crippen molar-refractivity contribution in [3.05, 3.63) is 46.7 Å². The van der Waals surface area contributed by atoms with Crippen molar-refractivity contribution in [2.75, 3.05) is 5.32 Å². The Kier molecular flexibility index (Phi) is 4.55. The number of carbonyl (C=O) groups is 1. The quantitative estimate of drug-likeness (QED) is 0.716. The topological polar surface area (TPSA) is 79.8 Å². The Bertz CT molecular complexity index is 936. The fourth-order valence-electron chi connectivity index (χ4n) is 2.97. The van der Waals surface area contributed by atoms with Crippen LogP contribution in [0, 0.1) is 6.92 Å². The van der Waals surface area contributed by atoms with Crippen molar-refractivity contribution in [3.8, 4) is 0 Å². The molecule has 3 aromatic heterocycles. The van der Waals surface area contributed by atoms with Crippen LogP contribution in [0.15, 0.2) is 30.5 Å². The van der Waals surface area contributed by atoms with Gasteiger partial charge in [-0.2, -0.15) is 0 Å². The monoisotopic (exact) mass is 367 g/mol. The molecule has 1 aliphatic rings. The van der Waals surface area contributed by atoms with E-state index in [1.165, 1.54) is 6.42 Å². The van der Waals surface area contributed by atoms with E-state index in [2.05, 4.69) is 25.6 Å². The summed E-state index contributed by atoms with van der Waals surface area (Å²) >= 11 is 1.56. The zero-order chi connectivity index (χ0) is 18.1. The van der Waals surface area contributed by atoms with Gasteiger partial charge in [0.25, 0.3) is 5.91 Å². The summed E-state index contributed by atoms with van der Waals surface area (Å²) in [5, 5.41) is 6.36. The first-order chi connectivity index (χ1) is 12.6. The molecule has 1 atom stereocenters. The molecule has 7 heteroatoms. The highest BCUT2D eigenvalue weighted by Crippen LogP contribution is 2.29. The van der Waals surface area contributed by atoms with Crippen molar-refractivity contribution in [3.63, 3.8) is 0 Å². The smallest absolute Gasteiger partial charge is 0.271 e. The fourth-order valence-corrected chi connectivity index (χ4v) is 3.91. The van der Waals surface area contributed by atoms with Gasteiger partial charge in [0.05, 0.1) is 22.0 Å². The summed E-state index contributed by atoms with van der Waals surface area (Å²) in [7, 11) is 0. The number of fused-ring (bicyclic) bond motifs is 1. The van der Waals surface area contributed by atoms with Gasteiger partial charge in [-0.3, -0.25) is 9.78 Å². The molecule has 1 saturated carbocycles. The van der Waals surface area contributed by atoms with Gasteiger partial charge >= 0.3 is 0 Å². The van der Waals surface area contributed by atoms with Crippen LogP contribution in [0.25, 0.3) is 10.2 Å². The lowest BCUT2D eigenvalue weighted by molar-refractivity contribution is 0.0914. The first-order valence-electron chi connectivity index (χ1n) is 8.86. The van der Waals surface area contributed by atoms with E-state index < -0.39 is 0 Å². The Morgan fingerprint density at radius 1 is 1.31 bits per heavy atom. The van der Waals surface area contributed by atoms with Crippen LogP contribution in [-0.4, -0.2) is 26.9 Å². The van der Waals surface area contributed by atoms with Crippen LogP contribution >= 0.6 is 11.3 Å². The number of amides is 1. The third-order valence-corrected chi connectivity index (χ3v) is 5.67. The van der Waals surface area contributed by atoms with E-state index in [1.807, 2.05) is 38.1 Å². The van der Waals surface area contributed by atoms with E-state index in [1.54, 1.807) is 17.5 Å². The predicted molar refractivity (Wildman–Crippen MR) is 104 cm³/mol. The molecule has 0 bridgehead atoms. The van der Waals surface area contributed by atoms with Gasteiger partial charge in [0.15, 0.2) is 5.69 Å². The molecule has 3 heterocycles. The average molecular weight is 367 g/mol.